The van der Waals surface area contributed by atoms with Crippen LogP contribution in [0.15, 0.2) is 47.4 Å². The molecular formula is C22H27ClFN3O4S2. The van der Waals surface area contributed by atoms with Gasteiger partial charge in [0.2, 0.25) is 5.91 Å². The summed E-state index contributed by atoms with van der Waals surface area (Å²) in [4.78, 5) is 21.1. The third-order valence-corrected chi connectivity index (χ3v) is 7.49. The molecule has 0 aliphatic heterocycles. The molecule has 3 aromatic rings. The maximum Gasteiger partial charge on any atom is 0.229 e. The number of halogens is 2. The molecule has 0 N–H and O–H groups in total. The molecule has 0 unspecified atom stereocenters. The summed E-state index contributed by atoms with van der Waals surface area (Å²) in [7, 11) is 0.0806. The van der Waals surface area contributed by atoms with Crippen LogP contribution in [-0.2, 0) is 14.6 Å². The molecule has 7 nitrogen and oxygen atoms in total. The number of thiazole rings is 1. The van der Waals surface area contributed by atoms with E-state index in [1.165, 1.54) is 28.4 Å². The highest BCUT2D eigenvalue weighted by atomic mass is 35.5. The van der Waals surface area contributed by atoms with Gasteiger partial charge in [-0.2, -0.15) is 0 Å². The maximum absolute atomic E-state index is 13.1. The Balaban J connectivity index is 0.00000385. The summed E-state index contributed by atoms with van der Waals surface area (Å²) < 4.78 is 44.7. The number of sulfone groups is 1. The van der Waals surface area contributed by atoms with E-state index in [-0.39, 0.29) is 35.4 Å². The molecule has 0 saturated carbocycles. The number of benzene rings is 2. The van der Waals surface area contributed by atoms with Gasteiger partial charge in [-0.05, 0) is 63.5 Å². The van der Waals surface area contributed by atoms with E-state index in [2.05, 4.69) is 4.98 Å². The first-order chi connectivity index (χ1) is 15.2. The monoisotopic (exact) mass is 515 g/mol. The van der Waals surface area contributed by atoms with Crippen LogP contribution in [0.3, 0.4) is 0 Å². The number of ether oxygens (including phenoxy) is 1. The Kier molecular flexibility index (Phi) is 9.59. The molecule has 180 valence electrons. The average molecular weight is 516 g/mol. The minimum absolute atomic E-state index is 0. The normalized spacial score (nSPS) is 11.4. The second-order valence-electron chi connectivity index (χ2n) is 7.43. The number of hydrogen-bond acceptors (Lipinski definition) is 7. The Bertz CT molecular complexity index is 1180. The van der Waals surface area contributed by atoms with Crippen LogP contribution in [0.2, 0.25) is 0 Å². The van der Waals surface area contributed by atoms with E-state index in [9.17, 15) is 17.6 Å². The van der Waals surface area contributed by atoms with Crippen LogP contribution < -0.4 is 9.64 Å². The van der Waals surface area contributed by atoms with Crippen molar-refractivity contribution in [2.45, 2.75) is 18.2 Å². The molecular weight excluding hydrogens is 489 g/mol. The second-order valence-corrected chi connectivity index (χ2v) is 10.5. The smallest absolute Gasteiger partial charge is 0.229 e. The number of carbonyl (C=O) groups is 1. The Hall–Kier alpha value is -2.27. The summed E-state index contributed by atoms with van der Waals surface area (Å²) in [6.45, 7) is 3.42. The summed E-state index contributed by atoms with van der Waals surface area (Å²) in [5.74, 6) is -0.485. The van der Waals surface area contributed by atoms with Crippen molar-refractivity contribution in [3.63, 3.8) is 0 Å². The molecule has 1 amide bonds. The van der Waals surface area contributed by atoms with Crippen molar-refractivity contribution in [1.82, 2.24) is 9.88 Å². The number of amides is 1. The first-order valence-corrected chi connectivity index (χ1v) is 12.6. The van der Waals surface area contributed by atoms with Gasteiger partial charge in [-0.1, -0.05) is 11.3 Å². The van der Waals surface area contributed by atoms with Crippen LogP contribution in [-0.4, -0.2) is 63.8 Å². The lowest BCUT2D eigenvalue weighted by atomic mass is 10.3. The van der Waals surface area contributed by atoms with E-state index in [1.807, 2.05) is 44.1 Å². The molecule has 11 heteroatoms. The van der Waals surface area contributed by atoms with Crippen molar-refractivity contribution in [2.24, 2.45) is 0 Å². The molecule has 0 bridgehead atoms. The van der Waals surface area contributed by atoms with Crippen LogP contribution in [0, 0.1) is 5.82 Å². The predicted octanol–water partition coefficient (Wildman–Crippen LogP) is 4.01. The highest BCUT2D eigenvalue weighted by Crippen LogP contribution is 2.32. The zero-order valence-corrected chi connectivity index (χ0v) is 21.1. The minimum Gasteiger partial charge on any atom is -0.494 e. The third kappa shape index (κ3) is 7.10. The third-order valence-electron chi connectivity index (χ3n) is 4.72. The Labute approximate surface area is 203 Å². The Morgan fingerprint density at radius 2 is 1.82 bits per heavy atom. The summed E-state index contributed by atoms with van der Waals surface area (Å²) in [6, 6.07) is 10.2. The van der Waals surface area contributed by atoms with Crippen LogP contribution in [0.1, 0.15) is 13.3 Å². The molecule has 0 spiro atoms. The average Bonchev–Trinajstić information content (AvgIpc) is 3.16. The first-order valence-electron chi connectivity index (χ1n) is 10.2. The fourth-order valence-corrected chi connectivity index (χ4v) is 5.28. The summed E-state index contributed by atoms with van der Waals surface area (Å²) in [5, 5.41) is 0.514. The van der Waals surface area contributed by atoms with Gasteiger partial charge in [-0.3, -0.25) is 9.69 Å². The van der Waals surface area contributed by atoms with Gasteiger partial charge in [0, 0.05) is 19.5 Å². The van der Waals surface area contributed by atoms with Gasteiger partial charge >= 0.3 is 0 Å². The first kappa shape index (κ1) is 27.0. The number of nitrogens with zero attached hydrogens (tertiary/aromatic N) is 3. The van der Waals surface area contributed by atoms with E-state index >= 15 is 0 Å². The zero-order valence-electron chi connectivity index (χ0n) is 18.7. The summed E-state index contributed by atoms with van der Waals surface area (Å²) in [5.41, 5.74) is 0.745. The van der Waals surface area contributed by atoms with Crippen molar-refractivity contribution >= 4 is 54.8 Å². The number of aromatic nitrogens is 1. The lowest BCUT2D eigenvalue weighted by Gasteiger charge is -2.22. The van der Waals surface area contributed by atoms with E-state index in [1.54, 1.807) is 0 Å². The number of likely N-dealkylation sites (N-methyl/N-ethyl adjacent to an activating group) is 1. The van der Waals surface area contributed by atoms with E-state index < -0.39 is 15.7 Å². The highest BCUT2D eigenvalue weighted by molar-refractivity contribution is 7.91. The fourth-order valence-electron chi connectivity index (χ4n) is 3.01. The molecule has 1 heterocycles. The van der Waals surface area contributed by atoms with Crippen molar-refractivity contribution in [2.75, 3.05) is 44.4 Å². The molecule has 33 heavy (non-hydrogen) atoms. The molecule has 1 aromatic heterocycles. The zero-order chi connectivity index (χ0) is 23.3. The summed E-state index contributed by atoms with van der Waals surface area (Å²) in [6.07, 6.45) is -0.201. The van der Waals surface area contributed by atoms with Gasteiger partial charge in [0.15, 0.2) is 15.0 Å². The van der Waals surface area contributed by atoms with E-state index in [0.29, 0.717) is 24.8 Å². The number of anilines is 1. The van der Waals surface area contributed by atoms with Crippen LogP contribution in [0.4, 0.5) is 9.52 Å². The van der Waals surface area contributed by atoms with Crippen molar-refractivity contribution in [1.29, 1.82) is 0 Å². The summed E-state index contributed by atoms with van der Waals surface area (Å²) >= 11 is 1.36. The molecule has 0 radical (unpaired) electrons. The minimum atomic E-state index is -3.71. The molecule has 0 fully saturated rings. The Morgan fingerprint density at radius 3 is 2.45 bits per heavy atom. The maximum atomic E-state index is 13.1. The standard InChI is InChI=1S/C22H26FN3O4S2.ClH/c1-4-30-17-7-10-19-20(15-17)31-22(24-19)26(13-12-25(2)3)21(27)11-14-32(28,29)18-8-5-16(23)6-9-18;/h5-10,15H,4,11-14H2,1-3H3;1H. The van der Waals surface area contributed by atoms with Gasteiger partial charge in [-0.15, -0.1) is 12.4 Å². The molecule has 3 rings (SSSR count). The van der Waals surface area contributed by atoms with Crippen molar-refractivity contribution < 1.29 is 22.3 Å². The number of fused-ring (bicyclic) bond motifs is 1. The van der Waals surface area contributed by atoms with Gasteiger partial charge in [0.05, 0.1) is 27.5 Å². The van der Waals surface area contributed by atoms with Crippen LogP contribution >= 0.6 is 23.7 Å². The fraction of sp³-hybridized carbons (Fsp3) is 0.364. The van der Waals surface area contributed by atoms with Gasteiger partial charge < -0.3 is 9.64 Å². The van der Waals surface area contributed by atoms with Crippen LogP contribution in [0.5, 0.6) is 5.75 Å². The van der Waals surface area contributed by atoms with E-state index in [4.69, 9.17) is 4.74 Å². The SMILES string of the molecule is CCOc1ccc2nc(N(CCN(C)C)C(=O)CCS(=O)(=O)c3ccc(F)cc3)sc2c1.Cl. The number of hydrogen-bond donors (Lipinski definition) is 0. The van der Waals surface area contributed by atoms with Crippen molar-refractivity contribution in [3.05, 3.63) is 48.3 Å². The predicted molar refractivity (Wildman–Crippen MR) is 132 cm³/mol. The van der Waals surface area contributed by atoms with E-state index in [0.717, 1.165) is 28.1 Å². The number of carbonyl (C=O) groups excluding carboxylic acids is 1. The van der Waals surface area contributed by atoms with Gasteiger partial charge in [0.25, 0.3) is 0 Å². The Morgan fingerprint density at radius 1 is 1.12 bits per heavy atom. The second kappa shape index (κ2) is 11.7. The molecule has 0 aliphatic rings. The van der Waals surface area contributed by atoms with Gasteiger partial charge in [-0.25, -0.2) is 17.8 Å². The highest BCUT2D eigenvalue weighted by Gasteiger charge is 2.23. The van der Waals surface area contributed by atoms with Crippen molar-refractivity contribution in [3.8, 4) is 5.75 Å². The van der Waals surface area contributed by atoms with Gasteiger partial charge in [0.1, 0.15) is 11.6 Å². The lowest BCUT2D eigenvalue weighted by molar-refractivity contribution is -0.118. The molecule has 0 aliphatic carbocycles. The largest absolute Gasteiger partial charge is 0.494 e. The molecule has 0 atom stereocenters. The number of rotatable bonds is 10. The molecule has 0 saturated heterocycles. The molecule has 2 aromatic carbocycles. The quantitative estimate of drug-likeness (QED) is 0.379. The topological polar surface area (TPSA) is 79.8 Å². The lowest BCUT2D eigenvalue weighted by Crippen LogP contribution is -2.37. The van der Waals surface area contributed by atoms with Crippen LogP contribution in [0.25, 0.3) is 10.2 Å².